The third-order valence-electron chi connectivity index (χ3n) is 0.821. The second-order valence-corrected chi connectivity index (χ2v) is 2.41. The molecule has 2 unspecified atom stereocenters. The van der Waals surface area contributed by atoms with E-state index in [-0.39, 0.29) is 6.15 Å². The van der Waals surface area contributed by atoms with E-state index in [9.17, 15) is 4.57 Å². The maximum Gasteiger partial charge on any atom is 0.699 e. The molecule has 1 aliphatic heterocycles. The zero-order valence-corrected chi connectivity index (χ0v) is 5.84. The van der Waals surface area contributed by atoms with Gasteiger partial charge >= 0.3 is 8.25 Å². The van der Waals surface area contributed by atoms with Crippen molar-refractivity contribution < 1.29 is 13.6 Å². The van der Waals surface area contributed by atoms with Crippen LogP contribution >= 0.6 is 8.25 Å². The third kappa shape index (κ3) is 2.84. The Morgan fingerprint density at radius 3 is 2.67 bits per heavy atom. The van der Waals surface area contributed by atoms with Gasteiger partial charge in [-0.15, -0.1) is 9.05 Å². The molecule has 5 nitrogen and oxygen atoms in total. The summed E-state index contributed by atoms with van der Waals surface area (Å²) in [6, 6.07) is 0. The van der Waals surface area contributed by atoms with Gasteiger partial charge in [0.05, 0.1) is 0 Å². The van der Waals surface area contributed by atoms with Gasteiger partial charge in [0.2, 0.25) is 0 Å². The normalized spacial score (nSPS) is 31.2. The van der Waals surface area contributed by atoms with Crippen molar-refractivity contribution in [3.05, 3.63) is 0 Å². The van der Waals surface area contributed by atoms with Gasteiger partial charge in [0.25, 0.3) is 0 Å². The smallest absolute Gasteiger partial charge is 0.344 e. The zero-order chi connectivity index (χ0) is 5.98. The third-order valence-corrected chi connectivity index (χ3v) is 1.66. The quantitative estimate of drug-likeness (QED) is 0.494. The zero-order valence-electron chi connectivity index (χ0n) is 4.95. The van der Waals surface area contributed by atoms with E-state index >= 15 is 0 Å². The number of hydrogen-bond donors (Lipinski definition) is 2. The SMILES string of the molecule is N.NC1CCO[P+](=O)O1. The summed E-state index contributed by atoms with van der Waals surface area (Å²) in [4.78, 5) is 0. The van der Waals surface area contributed by atoms with Gasteiger partial charge in [-0.3, -0.25) is 0 Å². The van der Waals surface area contributed by atoms with Crippen LogP contribution in [0.3, 0.4) is 0 Å². The van der Waals surface area contributed by atoms with Crippen molar-refractivity contribution in [2.45, 2.75) is 12.6 Å². The van der Waals surface area contributed by atoms with Gasteiger partial charge in [0.1, 0.15) is 6.61 Å². The van der Waals surface area contributed by atoms with E-state index in [2.05, 4.69) is 9.05 Å². The molecule has 0 radical (unpaired) electrons. The van der Waals surface area contributed by atoms with E-state index < -0.39 is 14.5 Å². The largest absolute Gasteiger partial charge is 0.699 e. The maximum absolute atomic E-state index is 10.3. The lowest BCUT2D eigenvalue weighted by Crippen LogP contribution is -2.25. The molecule has 1 saturated heterocycles. The summed E-state index contributed by atoms with van der Waals surface area (Å²) in [5.41, 5.74) is 5.24. The molecule has 5 N–H and O–H groups in total. The average molecular weight is 153 g/mol. The minimum absolute atomic E-state index is 0. The van der Waals surface area contributed by atoms with Gasteiger partial charge in [-0.25, -0.2) is 0 Å². The molecule has 9 heavy (non-hydrogen) atoms. The molecule has 1 rings (SSSR count). The fraction of sp³-hybridized carbons (Fsp3) is 1.00. The molecule has 2 atom stereocenters. The Kier molecular flexibility index (Phi) is 3.84. The van der Waals surface area contributed by atoms with Crippen molar-refractivity contribution in [3.8, 4) is 0 Å². The molecule has 0 amide bonds. The van der Waals surface area contributed by atoms with Crippen LogP contribution in [0.2, 0.25) is 0 Å². The molecule has 1 heterocycles. The Balaban J connectivity index is 0.000000640. The van der Waals surface area contributed by atoms with Gasteiger partial charge in [-0.2, -0.15) is 0 Å². The second-order valence-electron chi connectivity index (χ2n) is 1.49. The van der Waals surface area contributed by atoms with Crippen LogP contribution < -0.4 is 11.9 Å². The molecule has 1 aliphatic rings. The first-order valence-electron chi connectivity index (χ1n) is 2.31. The summed E-state index contributed by atoms with van der Waals surface area (Å²) in [5.74, 6) is 0. The molecular formula is C3H10N2O3P+. The molecule has 0 aromatic rings. The topological polar surface area (TPSA) is 96.5 Å². The van der Waals surface area contributed by atoms with E-state index in [1.165, 1.54) is 0 Å². The van der Waals surface area contributed by atoms with Crippen LogP contribution in [0.5, 0.6) is 0 Å². The van der Waals surface area contributed by atoms with Crippen LogP contribution in [-0.4, -0.2) is 12.8 Å². The van der Waals surface area contributed by atoms with Crippen molar-refractivity contribution >= 4 is 8.25 Å². The lowest BCUT2D eigenvalue weighted by molar-refractivity contribution is 0.101. The van der Waals surface area contributed by atoms with Gasteiger partial charge < -0.3 is 11.9 Å². The highest BCUT2D eigenvalue weighted by molar-refractivity contribution is 7.33. The van der Waals surface area contributed by atoms with Gasteiger partial charge in [-0.05, 0) is 0 Å². The molecule has 0 aromatic heterocycles. The standard InChI is InChI=1S/C3H7NO3P.H3N/c4-3-1-2-6-8(5)7-3;/h3H,1-2,4H2;1H3/q+1;. The van der Waals surface area contributed by atoms with Crippen LogP contribution in [0.15, 0.2) is 0 Å². The molecule has 0 spiro atoms. The van der Waals surface area contributed by atoms with Gasteiger partial charge in [-0.1, -0.05) is 0 Å². The first-order chi connectivity index (χ1) is 3.79. The van der Waals surface area contributed by atoms with Crippen LogP contribution in [0.4, 0.5) is 0 Å². The van der Waals surface area contributed by atoms with Crippen molar-refractivity contribution in [2.24, 2.45) is 5.73 Å². The summed E-state index contributed by atoms with van der Waals surface area (Å²) in [6.07, 6.45) is 0.230. The number of hydrogen-bond acceptors (Lipinski definition) is 5. The van der Waals surface area contributed by atoms with Crippen LogP contribution in [0.25, 0.3) is 0 Å². The Labute approximate surface area is 54.0 Å². The van der Waals surface area contributed by atoms with Gasteiger partial charge in [0.15, 0.2) is 6.23 Å². The summed E-state index contributed by atoms with van der Waals surface area (Å²) < 4.78 is 19.4. The summed E-state index contributed by atoms with van der Waals surface area (Å²) in [5, 5.41) is 0. The average Bonchev–Trinajstić information content (AvgIpc) is 1.64. The molecule has 6 heteroatoms. The molecule has 0 aromatic carbocycles. The van der Waals surface area contributed by atoms with Crippen LogP contribution in [-0.2, 0) is 13.6 Å². The second kappa shape index (κ2) is 3.87. The first-order valence-corrected chi connectivity index (χ1v) is 3.41. The molecule has 0 bridgehead atoms. The van der Waals surface area contributed by atoms with E-state index in [4.69, 9.17) is 5.73 Å². The molecule has 54 valence electrons. The van der Waals surface area contributed by atoms with Crippen LogP contribution in [0, 0.1) is 0 Å². The summed E-state index contributed by atoms with van der Waals surface area (Å²) in [7, 11) is -1.91. The highest BCUT2D eigenvalue weighted by atomic mass is 31.1. The van der Waals surface area contributed by atoms with Crippen molar-refractivity contribution in [1.29, 1.82) is 0 Å². The fourth-order valence-electron chi connectivity index (χ4n) is 0.437. The number of rotatable bonds is 0. The Morgan fingerprint density at radius 1 is 1.67 bits per heavy atom. The van der Waals surface area contributed by atoms with E-state index in [1.54, 1.807) is 0 Å². The van der Waals surface area contributed by atoms with Crippen molar-refractivity contribution in [3.63, 3.8) is 0 Å². The van der Waals surface area contributed by atoms with E-state index in [0.717, 1.165) is 0 Å². The molecule has 0 saturated carbocycles. The maximum atomic E-state index is 10.3. The van der Waals surface area contributed by atoms with Crippen LogP contribution in [0.1, 0.15) is 6.42 Å². The van der Waals surface area contributed by atoms with E-state index in [0.29, 0.717) is 13.0 Å². The summed E-state index contributed by atoms with van der Waals surface area (Å²) >= 11 is 0. The Bertz CT molecular complexity index is 109. The lowest BCUT2D eigenvalue weighted by atomic mass is 10.4. The van der Waals surface area contributed by atoms with Gasteiger partial charge in [0, 0.05) is 11.0 Å². The highest BCUT2D eigenvalue weighted by Crippen LogP contribution is 2.29. The lowest BCUT2D eigenvalue weighted by Gasteiger charge is -2.04. The predicted molar refractivity (Wildman–Crippen MR) is 32.3 cm³/mol. The number of nitrogens with two attached hydrogens (primary N) is 1. The first kappa shape index (κ1) is 8.94. The van der Waals surface area contributed by atoms with Crippen molar-refractivity contribution in [1.82, 2.24) is 6.15 Å². The fourth-order valence-corrected chi connectivity index (χ4v) is 1.08. The Hall–Kier alpha value is -0.0600. The minimum Gasteiger partial charge on any atom is -0.344 e. The molecular weight excluding hydrogens is 143 g/mol. The highest BCUT2D eigenvalue weighted by Gasteiger charge is 2.30. The monoisotopic (exact) mass is 153 g/mol. The molecule has 0 aliphatic carbocycles. The van der Waals surface area contributed by atoms with E-state index in [1.807, 2.05) is 0 Å². The Morgan fingerprint density at radius 2 is 2.33 bits per heavy atom. The molecule has 1 fully saturated rings. The summed E-state index contributed by atoms with van der Waals surface area (Å²) in [6.45, 7) is 0.441. The van der Waals surface area contributed by atoms with Crippen molar-refractivity contribution in [2.75, 3.05) is 6.61 Å². The minimum atomic E-state index is -1.91. The predicted octanol–water partition coefficient (Wildman–Crippen LogP) is 0.527.